The summed E-state index contributed by atoms with van der Waals surface area (Å²) in [6, 6.07) is 6.85. The number of methoxy groups -OCH3 is 1. The van der Waals surface area contributed by atoms with E-state index in [4.69, 9.17) is 9.47 Å². The second kappa shape index (κ2) is 6.38. The lowest BCUT2D eigenvalue weighted by atomic mass is 10.2. The van der Waals surface area contributed by atoms with Gasteiger partial charge in [-0.1, -0.05) is 12.1 Å². The van der Waals surface area contributed by atoms with Gasteiger partial charge in [0.05, 0.1) is 11.1 Å². The molecule has 0 radical (unpaired) electrons. The van der Waals surface area contributed by atoms with Gasteiger partial charge in [-0.2, -0.15) is 0 Å². The summed E-state index contributed by atoms with van der Waals surface area (Å²) in [7, 11) is 1.68. The van der Waals surface area contributed by atoms with Gasteiger partial charge in [0.1, 0.15) is 12.4 Å². The number of hydrogen-bond donors (Lipinski definition) is 1. The van der Waals surface area contributed by atoms with Gasteiger partial charge in [0.2, 0.25) is 0 Å². The van der Waals surface area contributed by atoms with Gasteiger partial charge in [-0.3, -0.25) is 0 Å². The largest absolute Gasteiger partial charge is 0.490 e. The number of rotatable bonds is 7. The quantitative estimate of drug-likeness (QED) is 0.785. The Bertz CT molecular complexity index is 366. The summed E-state index contributed by atoms with van der Waals surface area (Å²) in [5.41, 5.74) is 1.20. The molecule has 94 valence electrons. The first kappa shape index (κ1) is 12.9. The van der Waals surface area contributed by atoms with E-state index in [2.05, 4.69) is 27.3 Å². The van der Waals surface area contributed by atoms with Crippen molar-refractivity contribution in [2.24, 2.45) is 0 Å². The zero-order valence-electron chi connectivity index (χ0n) is 10.0. The maximum absolute atomic E-state index is 5.75. The maximum atomic E-state index is 5.75. The molecule has 3 nitrogen and oxygen atoms in total. The number of hydrogen-bond acceptors (Lipinski definition) is 3. The molecule has 17 heavy (non-hydrogen) atoms. The highest BCUT2D eigenvalue weighted by Crippen LogP contribution is 2.30. The number of halogens is 1. The average Bonchev–Trinajstić information content (AvgIpc) is 3.13. The minimum Gasteiger partial charge on any atom is -0.490 e. The minimum absolute atomic E-state index is 0.579. The van der Waals surface area contributed by atoms with Crippen LogP contribution in [0.25, 0.3) is 0 Å². The number of benzene rings is 1. The molecule has 0 amide bonds. The first-order valence-corrected chi connectivity index (χ1v) is 6.73. The Morgan fingerprint density at radius 3 is 2.88 bits per heavy atom. The Labute approximate surface area is 111 Å². The van der Waals surface area contributed by atoms with Gasteiger partial charge in [0.25, 0.3) is 0 Å². The molecular formula is C13H18BrNO2. The fraction of sp³-hybridized carbons (Fsp3) is 0.538. The predicted molar refractivity (Wildman–Crippen MR) is 71.4 cm³/mol. The Balaban J connectivity index is 1.98. The molecule has 0 aromatic heterocycles. The molecule has 1 aromatic carbocycles. The molecule has 1 saturated carbocycles. The lowest BCUT2D eigenvalue weighted by Gasteiger charge is -2.13. The van der Waals surface area contributed by atoms with Crippen LogP contribution in [0.15, 0.2) is 22.7 Å². The highest BCUT2D eigenvalue weighted by Gasteiger charge is 2.20. The molecule has 0 saturated heterocycles. The molecular weight excluding hydrogens is 282 g/mol. The zero-order valence-corrected chi connectivity index (χ0v) is 11.6. The molecule has 4 heteroatoms. The van der Waals surface area contributed by atoms with Crippen LogP contribution in [-0.4, -0.2) is 26.4 Å². The zero-order chi connectivity index (χ0) is 12.1. The van der Waals surface area contributed by atoms with E-state index in [1.165, 1.54) is 18.4 Å². The van der Waals surface area contributed by atoms with E-state index in [-0.39, 0.29) is 0 Å². The van der Waals surface area contributed by atoms with Crippen LogP contribution in [0.4, 0.5) is 0 Å². The van der Waals surface area contributed by atoms with Crippen molar-refractivity contribution < 1.29 is 9.47 Å². The van der Waals surface area contributed by atoms with Crippen LogP contribution in [0.1, 0.15) is 18.4 Å². The van der Waals surface area contributed by atoms with Gasteiger partial charge in [-0.05, 0) is 34.8 Å². The van der Waals surface area contributed by atoms with Crippen molar-refractivity contribution in [1.29, 1.82) is 0 Å². The van der Waals surface area contributed by atoms with Gasteiger partial charge in [-0.25, -0.2) is 0 Å². The van der Waals surface area contributed by atoms with Crippen LogP contribution in [0.5, 0.6) is 5.75 Å². The summed E-state index contributed by atoms with van der Waals surface area (Å²) >= 11 is 3.53. The second-order valence-corrected chi connectivity index (χ2v) is 5.08. The molecule has 1 N–H and O–H groups in total. The number of ether oxygens (including phenoxy) is 2. The summed E-state index contributed by atoms with van der Waals surface area (Å²) in [6.45, 7) is 2.05. The van der Waals surface area contributed by atoms with Crippen molar-refractivity contribution in [3.63, 3.8) is 0 Å². The van der Waals surface area contributed by atoms with Crippen molar-refractivity contribution in [3.05, 3.63) is 28.2 Å². The molecule has 1 aromatic rings. The summed E-state index contributed by atoms with van der Waals surface area (Å²) in [6.07, 6.45) is 2.60. The first-order valence-electron chi connectivity index (χ1n) is 5.94. The van der Waals surface area contributed by atoms with Gasteiger partial charge in [-0.15, -0.1) is 0 Å². The maximum Gasteiger partial charge on any atom is 0.138 e. The van der Waals surface area contributed by atoms with Gasteiger partial charge < -0.3 is 14.8 Å². The normalized spacial score (nSPS) is 14.9. The second-order valence-electron chi connectivity index (χ2n) is 4.22. The van der Waals surface area contributed by atoms with Gasteiger partial charge in [0, 0.05) is 25.3 Å². The highest BCUT2D eigenvalue weighted by molar-refractivity contribution is 9.10. The molecule has 0 aliphatic heterocycles. The van der Waals surface area contributed by atoms with Crippen LogP contribution >= 0.6 is 15.9 Å². The van der Waals surface area contributed by atoms with Crippen molar-refractivity contribution in [3.8, 4) is 5.75 Å². The SMILES string of the molecule is COCCOc1c(Br)cccc1CNC1CC1. The summed E-state index contributed by atoms with van der Waals surface area (Å²) in [5, 5.41) is 3.50. The van der Waals surface area contributed by atoms with Crippen LogP contribution < -0.4 is 10.1 Å². The van der Waals surface area contributed by atoms with Crippen LogP contribution in [0.3, 0.4) is 0 Å². The smallest absolute Gasteiger partial charge is 0.138 e. The summed E-state index contributed by atoms with van der Waals surface area (Å²) in [4.78, 5) is 0. The topological polar surface area (TPSA) is 30.5 Å². The molecule has 2 rings (SSSR count). The third-order valence-electron chi connectivity index (χ3n) is 2.74. The summed E-state index contributed by atoms with van der Waals surface area (Å²) in [5.74, 6) is 0.928. The van der Waals surface area contributed by atoms with Crippen molar-refractivity contribution in [2.45, 2.75) is 25.4 Å². The Morgan fingerprint density at radius 1 is 1.35 bits per heavy atom. The molecule has 1 fully saturated rings. The molecule has 0 heterocycles. The van der Waals surface area contributed by atoms with Crippen molar-refractivity contribution in [1.82, 2.24) is 5.32 Å². The van der Waals surface area contributed by atoms with E-state index in [0.29, 0.717) is 19.3 Å². The van der Waals surface area contributed by atoms with Crippen LogP contribution in [0.2, 0.25) is 0 Å². The first-order chi connectivity index (χ1) is 8.31. The third-order valence-corrected chi connectivity index (χ3v) is 3.37. The van der Waals surface area contributed by atoms with E-state index in [9.17, 15) is 0 Å². The van der Waals surface area contributed by atoms with E-state index in [0.717, 1.165) is 16.8 Å². The standard InChI is InChI=1S/C13H18BrNO2/c1-16-7-8-17-13-10(3-2-4-12(13)14)9-15-11-5-6-11/h2-4,11,15H,5-9H2,1H3. The van der Waals surface area contributed by atoms with Crippen molar-refractivity contribution in [2.75, 3.05) is 20.3 Å². The average molecular weight is 300 g/mol. The third kappa shape index (κ3) is 3.98. The Morgan fingerprint density at radius 2 is 2.18 bits per heavy atom. The van der Waals surface area contributed by atoms with Gasteiger partial charge in [0.15, 0.2) is 0 Å². The predicted octanol–water partition coefficient (Wildman–Crippen LogP) is 2.73. The lowest BCUT2D eigenvalue weighted by Crippen LogP contribution is -2.16. The van der Waals surface area contributed by atoms with E-state index in [1.54, 1.807) is 7.11 Å². The van der Waals surface area contributed by atoms with Crippen LogP contribution in [0, 0.1) is 0 Å². The molecule has 0 atom stereocenters. The van der Waals surface area contributed by atoms with E-state index < -0.39 is 0 Å². The minimum atomic E-state index is 0.579. The molecule has 1 aliphatic rings. The molecule has 0 unspecified atom stereocenters. The molecule has 1 aliphatic carbocycles. The van der Waals surface area contributed by atoms with Crippen LogP contribution in [-0.2, 0) is 11.3 Å². The number of para-hydroxylation sites is 1. The molecule has 0 bridgehead atoms. The Kier molecular flexibility index (Phi) is 4.83. The fourth-order valence-corrected chi connectivity index (χ4v) is 2.14. The number of nitrogens with one attached hydrogen (secondary N) is 1. The van der Waals surface area contributed by atoms with E-state index in [1.807, 2.05) is 12.1 Å². The monoisotopic (exact) mass is 299 g/mol. The fourth-order valence-electron chi connectivity index (χ4n) is 1.62. The lowest BCUT2D eigenvalue weighted by molar-refractivity contribution is 0.145. The summed E-state index contributed by atoms with van der Waals surface area (Å²) < 4.78 is 11.7. The Hall–Kier alpha value is -0.580. The van der Waals surface area contributed by atoms with Crippen molar-refractivity contribution >= 4 is 15.9 Å². The molecule has 0 spiro atoms. The van der Waals surface area contributed by atoms with Gasteiger partial charge >= 0.3 is 0 Å². The van der Waals surface area contributed by atoms with E-state index >= 15 is 0 Å². The highest BCUT2D eigenvalue weighted by atomic mass is 79.9.